The third kappa shape index (κ3) is 3.32. The summed E-state index contributed by atoms with van der Waals surface area (Å²) in [5.74, 6) is 0. The molecule has 26 heavy (non-hydrogen) atoms. The van der Waals surface area contributed by atoms with Gasteiger partial charge in [0.1, 0.15) is 0 Å². The third-order valence-electron chi connectivity index (χ3n) is 5.30. The van der Waals surface area contributed by atoms with E-state index in [0.717, 1.165) is 26.2 Å². The Morgan fingerprint density at radius 2 is 1.38 bits per heavy atom. The molecular formula is C21H24N4O. The Labute approximate surface area is 153 Å². The summed E-state index contributed by atoms with van der Waals surface area (Å²) >= 11 is 0. The molecular weight excluding hydrogens is 324 g/mol. The van der Waals surface area contributed by atoms with E-state index in [-0.39, 0.29) is 0 Å². The number of hydrogen-bond acceptors (Lipinski definition) is 4. The van der Waals surface area contributed by atoms with Gasteiger partial charge in [0.2, 0.25) is 0 Å². The van der Waals surface area contributed by atoms with Gasteiger partial charge in [-0.1, -0.05) is 36.4 Å². The minimum atomic E-state index is -0.420. The Morgan fingerprint density at radius 1 is 0.846 bits per heavy atom. The highest BCUT2D eigenvalue weighted by atomic mass is 16.3. The smallest absolute Gasteiger partial charge is 0.0866 e. The molecule has 134 valence electrons. The molecule has 1 N–H and O–H groups in total. The topological polar surface area (TPSA) is 55.4 Å². The molecule has 3 aromatic rings. The van der Waals surface area contributed by atoms with Crippen LogP contribution in [-0.4, -0.2) is 64.8 Å². The first-order valence-corrected chi connectivity index (χ1v) is 9.22. The Hall–Kier alpha value is -2.39. The second-order valence-electron chi connectivity index (χ2n) is 7.03. The predicted octanol–water partition coefficient (Wildman–Crippen LogP) is 2.30. The standard InChI is InChI=1S/C21H24N4O/c22-9-10-23-11-13-24(14-12-23)15-17(26)16-25-20-7-3-1-5-18(20)19-6-2-4-8-21(19)25/h1-8,17,26H,10-16H2/t17-/m1/s1. The van der Waals surface area contributed by atoms with Crippen molar-refractivity contribution in [3.8, 4) is 6.07 Å². The second kappa shape index (κ2) is 7.46. The van der Waals surface area contributed by atoms with E-state index in [1.54, 1.807) is 0 Å². The number of aliphatic hydroxyl groups excluding tert-OH is 1. The Balaban J connectivity index is 1.49. The number of rotatable bonds is 5. The second-order valence-corrected chi connectivity index (χ2v) is 7.03. The van der Waals surface area contributed by atoms with Gasteiger partial charge in [0.25, 0.3) is 0 Å². The van der Waals surface area contributed by atoms with Gasteiger partial charge in [-0.25, -0.2) is 0 Å². The summed E-state index contributed by atoms with van der Waals surface area (Å²) in [7, 11) is 0. The Kier molecular flexibility index (Phi) is 4.89. The zero-order valence-electron chi connectivity index (χ0n) is 14.9. The quantitative estimate of drug-likeness (QED) is 0.719. The summed E-state index contributed by atoms with van der Waals surface area (Å²) in [5, 5.41) is 22.0. The van der Waals surface area contributed by atoms with Crippen molar-refractivity contribution in [1.29, 1.82) is 5.26 Å². The fourth-order valence-electron chi connectivity index (χ4n) is 4.00. The first-order valence-electron chi connectivity index (χ1n) is 9.22. The lowest BCUT2D eigenvalue weighted by Crippen LogP contribution is -2.48. The molecule has 1 atom stereocenters. The lowest BCUT2D eigenvalue weighted by atomic mass is 10.2. The van der Waals surface area contributed by atoms with Crippen molar-refractivity contribution in [3.05, 3.63) is 48.5 Å². The molecule has 0 radical (unpaired) electrons. The van der Waals surface area contributed by atoms with E-state index in [0.29, 0.717) is 19.6 Å². The van der Waals surface area contributed by atoms with E-state index < -0.39 is 6.10 Å². The lowest BCUT2D eigenvalue weighted by molar-refractivity contribution is 0.0691. The van der Waals surface area contributed by atoms with Crippen LogP contribution in [0.5, 0.6) is 0 Å². The molecule has 5 nitrogen and oxygen atoms in total. The van der Waals surface area contributed by atoms with E-state index in [2.05, 4.69) is 69.0 Å². The number of nitriles is 1. The number of nitrogens with zero attached hydrogens (tertiary/aromatic N) is 4. The molecule has 4 rings (SSSR count). The number of para-hydroxylation sites is 2. The first kappa shape index (κ1) is 17.0. The van der Waals surface area contributed by atoms with Crippen LogP contribution in [0.25, 0.3) is 21.8 Å². The van der Waals surface area contributed by atoms with Gasteiger partial charge >= 0.3 is 0 Å². The van der Waals surface area contributed by atoms with E-state index >= 15 is 0 Å². The van der Waals surface area contributed by atoms with E-state index in [9.17, 15) is 5.11 Å². The van der Waals surface area contributed by atoms with Gasteiger partial charge in [0, 0.05) is 54.5 Å². The zero-order chi connectivity index (χ0) is 17.9. The maximum atomic E-state index is 10.7. The van der Waals surface area contributed by atoms with Crippen molar-refractivity contribution in [2.24, 2.45) is 0 Å². The minimum absolute atomic E-state index is 0.420. The van der Waals surface area contributed by atoms with Crippen molar-refractivity contribution in [2.75, 3.05) is 39.3 Å². The molecule has 0 unspecified atom stereocenters. The first-order chi connectivity index (χ1) is 12.8. The van der Waals surface area contributed by atoms with Gasteiger partial charge in [0.05, 0.1) is 25.3 Å². The molecule has 1 saturated heterocycles. The van der Waals surface area contributed by atoms with Crippen LogP contribution in [0.2, 0.25) is 0 Å². The average Bonchev–Trinajstić information content (AvgIpc) is 2.98. The van der Waals surface area contributed by atoms with Crippen LogP contribution < -0.4 is 0 Å². The number of β-amino-alcohol motifs (C(OH)–C–C–N with tert-alkyl or cyclic N) is 1. The predicted molar refractivity (Wildman–Crippen MR) is 104 cm³/mol. The number of aromatic nitrogens is 1. The Morgan fingerprint density at radius 3 is 1.96 bits per heavy atom. The summed E-state index contributed by atoms with van der Waals surface area (Å²) in [5.41, 5.74) is 2.35. The molecule has 0 amide bonds. The van der Waals surface area contributed by atoms with Gasteiger partial charge in [-0.2, -0.15) is 5.26 Å². The molecule has 1 aliphatic rings. The van der Waals surface area contributed by atoms with Gasteiger partial charge in [-0.15, -0.1) is 0 Å². The van der Waals surface area contributed by atoms with Gasteiger partial charge in [-0.3, -0.25) is 9.80 Å². The van der Waals surface area contributed by atoms with Gasteiger partial charge in [0.15, 0.2) is 0 Å². The molecule has 1 fully saturated rings. The van der Waals surface area contributed by atoms with E-state index in [1.807, 2.05) is 0 Å². The summed E-state index contributed by atoms with van der Waals surface area (Å²) in [6, 6.07) is 19.0. The van der Waals surface area contributed by atoms with Crippen molar-refractivity contribution in [3.63, 3.8) is 0 Å². The van der Waals surface area contributed by atoms with E-state index in [4.69, 9.17) is 5.26 Å². The summed E-state index contributed by atoms with van der Waals surface area (Å²) < 4.78 is 2.24. The molecule has 0 bridgehead atoms. The van der Waals surface area contributed by atoms with Crippen molar-refractivity contribution in [1.82, 2.24) is 14.4 Å². The Bertz CT molecular complexity index is 881. The lowest BCUT2D eigenvalue weighted by Gasteiger charge is -2.34. The highest BCUT2D eigenvalue weighted by molar-refractivity contribution is 6.07. The highest BCUT2D eigenvalue weighted by Gasteiger charge is 2.20. The molecule has 5 heteroatoms. The minimum Gasteiger partial charge on any atom is -0.390 e. The fraction of sp³-hybridized carbons (Fsp3) is 0.381. The molecule has 0 aliphatic carbocycles. The van der Waals surface area contributed by atoms with E-state index in [1.165, 1.54) is 21.8 Å². The summed E-state index contributed by atoms with van der Waals surface area (Å²) in [6.07, 6.45) is -0.420. The number of aliphatic hydroxyl groups is 1. The van der Waals surface area contributed by atoms with Gasteiger partial charge in [-0.05, 0) is 12.1 Å². The van der Waals surface area contributed by atoms with Crippen LogP contribution in [0.15, 0.2) is 48.5 Å². The van der Waals surface area contributed by atoms with Crippen LogP contribution in [-0.2, 0) is 6.54 Å². The van der Waals surface area contributed by atoms with Crippen LogP contribution in [0.1, 0.15) is 0 Å². The largest absolute Gasteiger partial charge is 0.390 e. The van der Waals surface area contributed by atoms with Crippen molar-refractivity contribution in [2.45, 2.75) is 12.6 Å². The molecule has 0 saturated carbocycles. The average molecular weight is 348 g/mol. The van der Waals surface area contributed by atoms with Crippen LogP contribution in [0.3, 0.4) is 0 Å². The summed E-state index contributed by atoms with van der Waals surface area (Å²) in [6.45, 7) is 5.37. The highest BCUT2D eigenvalue weighted by Crippen LogP contribution is 2.28. The van der Waals surface area contributed by atoms with Crippen molar-refractivity contribution >= 4 is 21.8 Å². The number of fused-ring (bicyclic) bond motifs is 3. The number of benzene rings is 2. The SMILES string of the molecule is N#CCN1CCN(C[C@@H](O)Cn2c3ccccc3c3ccccc32)CC1. The van der Waals surface area contributed by atoms with Crippen LogP contribution in [0.4, 0.5) is 0 Å². The van der Waals surface area contributed by atoms with Gasteiger partial charge < -0.3 is 9.67 Å². The van der Waals surface area contributed by atoms with Crippen LogP contribution in [0, 0.1) is 11.3 Å². The molecule has 1 aliphatic heterocycles. The molecule has 2 aromatic carbocycles. The summed E-state index contributed by atoms with van der Waals surface area (Å²) in [4.78, 5) is 4.46. The monoisotopic (exact) mass is 348 g/mol. The maximum Gasteiger partial charge on any atom is 0.0866 e. The van der Waals surface area contributed by atoms with Crippen molar-refractivity contribution < 1.29 is 5.11 Å². The normalized spacial score (nSPS) is 17.5. The van der Waals surface area contributed by atoms with Crippen LogP contribution >= 0.6 is 0 Å². The number of piperazine rings is 1. The molecule has 1 aromatic heterocycles. The zero-order valence-corrected chi connectivity index (χ0v) is 14.9. The maximum absolute atomic E-state index is 10.7. The number of hydrogen-bond donors (Lipinski definition) is 1. The molecule has 2 heterocycles. The third-order valence-corrected chi connectivity index (χ3v) is 5.30. The fourth-order valence-corrected chi connectivity index (χ4v) is 4.00. The molecule has 0 spiro atoms.